The van der Waals surface area contributed by atoms with E-state index in [0.29, 0.717) is 11.4 Å². The van der Waals surface area contributed by atoms with Crippen molar-refractivity contribution in [2.75, 3.05) is 22.5 Å². The van der Waals surface area contributed by atoms with Crippen molar-refractivity contribution in [3.8, 4) is 0 Å². The van der Waals surface area contributed by atoms with Gasteiger partial charge < -0.3 is 15.0 Å². The fourth-order valence-electron chi connectivity index (χ4n) is 2.88. The molecular formula is C21H22N2O4S. The summed E-state index contributed by atoms with van der Waals surface area (Å²) in [6, 6.07) is 15.0. The van der Waals surface area contributed by atoms with Crippen molar-refractivity contribution in [1.82, 2.24) is 0 Å². The average Bonchev–Trinajstić information content (AvgIpc) is 2.67. The minimum Gasteiger partial charge on any atom is -0.452 e. The van der Waals surface area contributed by atoms with Gasteiger partial charge in [0.05, 0.1) is 17.9 Å². The first kappa shape index (κ1) is 19.9. The number of aryl methyl sites for hydroxylation is 1. The molecule has 0 saturated carbocycles. The van der Waals surface area contributed by atoms with Gasteiger partial charge in [-0.15, -0.1) is 11.8 Å². The third kappa shape index (κ3) is 4.92. The van der Waals surface area contributed by atoms with E-state index in [1.165, 1.54) is 18.7 Å². The number of anilines is 2. The summed E-state index contributed by atoms with van der Waals surface area (Å²) < 4.78 is 5.23. The van der Waals surface area contributed by atoms with Gasteiger partial charge in [-0.25, -0.2) is 0 Å². The topological polar surface area (TPSA) is 75.7 Å². The number of carbonyl (C=O) groups is 3. The van der Waals surface area contributed by atoms with Gasteiger partial charge in [0, 0.05) is 17.1 Å². The van der Waals surface area contributed by atoms with Crippen LogP contribution in [0, 0.1) is 6.92 Å². The van der Waals surface area contributed by atoms with E-state index >= 15 is 0 Å². The highest BCUT2D eigenvalue weighted by atomic mass is 32.2. The zero-order valence-electron chi connectivity index (χ0n) is 15.8. The molecule has 2 aromatic carbocycles. The first-order chi connectivity index (χ1) is 13.4. The number of benzene rings is 2. The maximum atomic E-state index is 12.2. The highest BCUT2D eigenvalue weighted by Crippen LogP contribution is 2.34. The summed E-state index contributed by atoms with van der Waals surface area (Å²) in [5.41, 5.74) is 2.48. The van der Waals surface area contributed by atoms with Crippen LogP contribution in [0.2, 0.25) is 0 Å². The molecule has 28 heavy (non-hydrogen) atoms. The van der Waals surface area contributed by atoms with Gasteiger partial charge in [0.2, 0.25) is 5.91 Å². The van der Waals surface area contributed by atoms with Crippen LogP contribution in [0.3, 0.4) is 0 Å². The van der Waals surface area contributed by atoms with Crippen LogP contribution in [0.5, 0.6) is 0 Å². The van der Waals surface area contributed by atoms with Crippen LogP contribution in [0.4, 0.5) is 11.4 Å². The smallest absolute Gasteiger partial charge is 0.308 e. The Balaban J connectivity index is 1.53. The zero-order chi connectivity index (χ0) is 20.1. The van der Waals surface area contributed by atoms with Crippen LogP contribution in [0.1, 0.15) is 18.9 Å². The molecule has 1 aliphatic heterocycles. The second-order valence-corrected chi connectivity index (χ2v) is 7.56. The largest absolute Gasteiger partial charge is 0.452 e. The van der Waals surface area contributed by atoms with E-state index in [1.54, 1.807) is 11.0 Å². The summed E-state index contributed by atoms with van der Waals surface area (Å²) in [5.74, 6) is -0.603. The lowest BCUT2D eigenvalue weighted by Gasteiger charge is -2.28. The Morgan fingerprint density at radius 3 is 2.79 bits per heavy atom. The Morgan fingerprint density at radius 1 is 1.21 bits per heavy atom. The first-order valence-corrected chi connectivity index (χ1v) is 10.0. The maximum absolute atomic E-state index is 12.2. The summed E-state index contributed by atoms with van der Waals surface area (Å²) >= 11 is 1.49. The number of fused-ring (bicyclic) bond motifs is 1. The molecule has 0 spiro atoms. The van der Waals surface area contributed by atoms with Crippen LogP contribution < -0.4 is 10.2 Å². The molecule has 1 atom stereocenters. The summed E-state index contributed by atoms with van der Waals surface area (Å²) in [6.07, 6.45) is -0.903. The lowest BCUT2D eigenvalue weighted by molar-refractivity contribution is -0.152. The van der Waals surface area contributed by atoms with Crippen molar-refractivity contribution in [2.24, 2.45) is 0 Å². The van der Waals surface area contributed by atoms with E-state index in [0.717, 1.165) is 16.1 Å². The molecule has 0 bridgehead atoms. The Kier molecular flexibility index (Phi) is 6.36. The number of carbonyl (C=O) groups excluding carboxylic acids is 3. The molecule has 0 aliphatic carbocycles. The lowest BCUT2D eigenvalue weighted by atomic mass is 10.2. The molecule has 0 radical (unpaired) electrons. The normalized spacial score (nSPS) is 14.2. The van der Waals surface area contributed by atoms with E-state index in [2.05, 4.69) is 5.32 Å². The fraction of sp³-hybridized carbons (Fsp3) is 0.286. The van der Waals surface area contributed by atoms with Gasteiger partial charge in [0.25, 0.3) is 5.91 Å². The van der Waals surface area contributed by atoms with Crippen molar-refractivity contribution in [3.63, 3.8) is 0 Å². The van der Waals surface area contributed by atoms with E-state index in [-0.39, 0.29) is 18.9 Å². The Bertz CT molecular complexity index is 899. The van der Waals surface area contributed by atoms with Gasteiger partial charge in [-0.05, 0) is 43.7 Å². The highest BCUT2D eigenvalue weighted by Gasteiger charge is 2.25. The minimum absolute atomic E-state index is 0.0206. The van der Waals surface area contributed by atoms with E-state index in [9.17, 15) is 14.4 Å². The summed E-state index contributed by atoms with van der Waals surface area (Å²) in [5, 5.41) is 2.73. The third-order valence-corrected chi connectivity index (χ3v) is 5.36. The van der Waals surface area contributed by atoms with Gasteiger partial charge >= 0.3 is 5.97 Å². The molecule has 0 saturated heterocycles. The molecule has 1 heterocycles. The van der Waals surface area contributed by atoms with Gasteiger partial charge in [-0.2, -0.15) is 0 Å². The van der Waals surface area contributed by atoms with Crippen molar-refractivity contribution >= 4 is 40.9 Å². The fourth-order valence-corrected chi connectivity index (χ4v) is 3.81. The van der Waals surface area contributed by atoms with Crippen molar-refractivity contribution in [1.29, 1.82) is 0 Å². The van der Waals surface area contributed by atoms with Gasteiger partial charge in [0.15, 0.2) is 6.10 Å². The van der Waals surface area contributed by atoms with Gasteiger partial charge in [0.1, 0.15) is 0 Å². The molecule has 0 unspecified atom stereocenters. The summed E-state index contributed by atoms with van der Waals surface area (Å²) in [4.78, 5) is 39.2. The van der Waals surface area contributed by atoms with Crippen molar-refractivity contribution in [3.05, 3.63) is 54.1 Å². The number of rotatable bonds is 6. The maximum Gasteiger partial charge on any atom is 0.308 e. The highest BCUT2D eigenvalue weighted by molar-refractivity contribution is 8.00. The van der Waals surface area contributed by atoms with Crippen molar-refractivity contribution in [2.45, 2.75) is 31.3 Å². The van der Waals surface area contributed by atoms with Crippen LogP contribution in [0.25, 0.3) is 0 Å². The second-order valence-electron chi connectivity index (χ2n) is 6.54. The molecule has 3 rings (SSSR count). The summed E-state index contributed by atoms with van der Waals surface area (Å²) in [7, 11) is 0. The molecule has 0 aromatic heterocycles. The van der Waals surface area contributed by atoms with E-state index in [4.69, 9.17) is 4.74 Å². The quantitative estimate of drug-likeness (QED) is 0.755. The molecule has 2 amide bonds. The predicted octanol–water partition coefficient (Wildman–Crippen LogP) is 3.39. The SMILES string of the molecule is Cc1cccc(NC(=O)[C@H](C)OC(=O)CCN2C(=O)CSc3ccccc32)c1. The molecule has 1 aliphatic rings. The molecule has 7 heteroatoms. The minimum atomic E-state index is -0.923. The lowest BCUT2D eigenvalue weighted by Crippen LogP contribution is -2.38. The van der Waals surface area contributed by atoms with Crippen molar-refractivity contribution < 1.29 is 19.1 Å². The number of nitrogens with one attached hydrogen (secondary N) is 1. The second kappa shape index (κ2) is 8.93. The number of hydrogen-bond donors (Lipinski definition) is 1. The number of nitrogens with zero attached hydrogens (tertiary/aromatic N) is 1. The molecule has 146 valence electrons. The molecule has 1 N–H and O–H groups in total. The Morgan fingerprint density at radius 2 is 2.00 bits per heavy atom. The number of amides is 2. The number of thioether (sulfide) groups is 1. The number of hydrogen-bond acceptors (Lipinski definition) is 5. The zero-order valence-corrected chi connectivity index (χ0v) is 16.6. The first-order valence-electron chi connectivity index (χ1n) is 9.03. The standard InChI is InChI=1S/C21H22N2O4S/c1-14-6-5-7-16(12-14)22-21(26)15(2)27-20(25)10-11-23-17-8-3-4-9-18(17)28-13-19(23)24/h3-9,12,15H,10-11,13H2,1-2H3,(H,22,26)/t15-/m0/s1. The average molecular weight is 398 g/mol. The molecule has 2 aromatic rings. The summed E-state index contributed by atoms with van der Waals surface area (Å²) in [6.45, 7) is 3.68. The van der Waals surface area contributed by atoms with E-state index < -0.39 is 18.0 Å². The van der Waals surface area contributed by atoms with Crippen LogP contribution in [-0.2, 0) is 19.1 Å². The third-order valence-electron chi connectivity index (χ3n) is 4.31. The number of esters is 1. The van der Waals surface area contributed by atoms with E-state index in [1.807, 2.05) is 49.4 Å². The van der Waals surface area contributed by atoms with Crippen LogP contribution >= 0.6 is 11.8 Å². The van der Waals surface area contributed by atoms with Crippen LogP contribution in [0.15, 0.2) is 53.4 Å². The predicted molar refractivity (Wildman–Crippen MR) is 109 cm³/mol. The van der Waals surface area contributed by atoms with Crippen LogP contribution in [-0.4, -0.2) is 36.2 Å². The monoisotopic (exact) mass is 398 g/mol. The number of para-hydroxylation sites is 1. The van der Waals surface area contributed by atoms with Gasteiger partial charge in [-0.3, -0.25) is 14.4 Å². The Labute approximate surface area is 168 Å². The number of ether oxygens (including phenoxy) is 1. The Hall–Kier alpha value is -2.80. The molecular weight excluding hydrogens is 376 g/mol. The van der Waals surface area contributed by atoms with Gasteiger partial charge in [-0.1, -0.05) is 24.3 Å². The molecule has 6 nitrogen and oxygen atoms in total. The molecule has 0 fully saturated rings.